The summed E-state index contributed by atoms with van der Waals surface area (Å²) >= 11 is 0. The zero-order valence-corrected chi connectivity index (χ0v) is 9.39. The summed E-state index contributed by atoms with van der Waals surface area (Å²) in [7, 11) is 0.280. The second kappa shape index (κ2) is 3.96. The van der Waals surface area contributed by atoms with Crippen molar-refractivity contribution in [2.75, 3.05) is 19.4 Å². The first kappa shape index (κ1) is 9.45. The third-order valence-corrected chi connectivity index (χ3v) is 5.65. The largest absolute Gasteiger partial charge is 0.479 e. The van der Waals surface area contributed by atoms with Crippen molar-refractivity contribution in [1.29, 1.82) is 0 Å². The van der Waals surface area contributed by atoms with Crippen LogP contribution in [-0.2, 0) is 4.74 Å². The van der Waals surface area contributed by atoms with Crippen LogP contribution in [0.1, 0.15) is 26.2 Å². The third kappa shape index (κ3) is 2.22. The minimum atomic E-state index is 0.280. The average Bonchev–Trinajstić information content (AvgIpc) is 2.64. The maximum atomic E-state index is 5.54. The number of aliphatic imine (C=N–C) groups is 1. The quantitative estimate of drug-likeness (QED) is 0.626. The lowest BCUT2D eigenvalue weighted by Crippen LogP contribution is -2.09. The Kier molecular flexibility index (Phi) is 2.88. The molecule has 74 valence electrons. The van der Waals surface area contributed by atoms with E-state index in [1.54, 1.807) is 0 Å². The van der Waals surface area contributed by atoms with E-state index in [2.05, 4.69) is 18.6 Å². The first-order valence-electron chi connectivity index (χ1n) is 5.15. The first-order valence-corrected chi connectivity index (χ1v) is 7.20. The molecular weight excluding hydrogens is 181 g/mol. The summed E-state index contributed by atoms with van der Waals surface area (Å²) in [4.78, 5) is 4.49. The lowest BCUT2D eigenvalue weighted by Gasteiger charge is -2.14. The average molecular weight is 199 g/mol. The first-order chi connectivity index (χ1) is 6.25. The van der Waals surface area contributed by atoms with Gasteiger partial charge in [-0.3, -0.25) is 0 Å². The zero-order valence-electron chi connectivity index (χ0n) is 8.49. The van der Waals surface area contributed by atoms with Gasteiger partial charge in [0.1, 0.15) is 6.61 Å². The van der Waals surface area contributed by atoms with Crippen LogP contribution in [0.2, 0.25) is 0 Å². The highest BCUT2D eigenvalue weighted by molar-refractivity contribution is 7.57. The molecule has 1 fully saturated rings. The normalized spacial score (nSPS) is 38.9. The number of hydrogen-bond acceptors (Lipinski definition) is 2. The molecule has 0 amide bonds. The summed E-state index contributed by atoms with van der Waals surface area (Å²) in [5.41, 5.74) is 0.902. The van der Waals surface area contributed by atoms with Crippen molar-refractivity contribution >= 4 is 13.8 Å². The Morgan fingerprint density at radius 3 is 3.00 bits per heavy atom. The molecule has 0 aromatic rings. The molecule has 0 radical (unpaired) electrons. The molecule has 2 aliphatic rings. The highest BCUT2D eigenvalue weighted by atomic mass is 31.1. The van der Waals surface area contributed by atoms with E-state index in [-0.39, 0.29) is 7.92 Å². The van der Waals surface area contributed by atoms with Crippen LogP contribution >= 0.6 is 7.92 Å². The zero-order chi connectivity index (χ0) is 9.26. The van der Waals surface area contributed by atoms with Crippen LogP contribution in [0.25, 0.3) is 0 Å². The van der Waals surface area contributed by atoms with Gasteiger partial charge in [0.2, 0.25) is 0 Å². The van der Waals surface area contributed by atoms with E-state index in [4.69, 9.17) is 4.74 Å². The molecule has 0 N–H and O–H groups in total. The van der Waals surface area contributed by atoms with Crippen molar-refractivity contribution in [3.05, 3.63) is 0 Å². The number of ether oxygens (including phenoxy) is 1. The van der Waals surface area contributed by atoms with Crippen LogP contribution in [0, 0.1) is 0 Å². The third-order valence-electron chi connectivity index (χ3n) is 2.94. The molecule has 0 bridgehead atoms. The number of nitrogens with zero attached hydrogens (tertiary/aromatic N) is 1. The predicted molar refractivity (Wildman–Crippen MR) is 58.2 cm³/mol. The van der Waals surface area contributed by atoms with E-state index < -0.39 is 0 Å². The van der Waals surface area contributed by atoms with Gasteiger partial charge in [0.05, 0.1) is 6.04 Å². The van der Waals surface area contributed by atoms with Crippen molar-refractivity contribution in [2.45, 2.75) is 37.9 Å². The van der Waals surface area contributed by atoms with E-state index in [0.717, 1.165) is 24.6 Å². The fraction of sp³-hybridized carbons (Fsp3) is 0.900. The lowest BCUT2D eigenvalue weighted by molar-refractivity contribution is 0.315. The van der Waals surface area contributed by atoms with Gasteiger partial charge in [-0.25, -0.2) is 4.99 Å². The van der Waals surface area contributed by atoms with Crippen LogP contribution in [0.3, 0.4) is 0 Å². The number of rotatable bonds is 2. The molecule has 2 nitrogen and oxygen atoms in total. The topological polar surface area (TPSA) is 21.6 Å². The molecule has 0 aromatic carbocycles. The minimum Gasteiger partial charge on any atom is -0.479 e. The Morgan fingerprint density at radius 2 is 2.46 bits per heavy atom. The van der Waals surface area contributed by atoms with Crippen molar-refractivity contribution < 1.29 is 4.74 Å². The lowest BCUT2D eigenvalue weighted by atomic mass is 10.2. The maximum Gasteiger partial charge on any atom is 0.184 e. The van der Waals surface area contributed by atoms with Crippen molar-refractivity contribution in [1.82, 2.24) is 0 Å². The Hall–Kier alpha value is -0.100. The molecule has 3 unspecified atom stereocenters. The molecule has 0 saturated carbocycles. The predicted octanol–water partition coefficient (Wildman–Crippen LogP) is 2.47. The standard InChI is InChI=1S/C10H18NOP/c1-8-7-12-10(11-8)6-9-4-3-5-13(9)2/h8-9H,3-7H2,1-2H3. The van der Waals surface area contributed by atoms with Crippen LogP contribution in [0.4, 0.5) is 0 Å². The molecule has 0 spiro atoms. The van der Waals surface area contributed by atoms with E-state index in [1.165, 1.54) is 19.0 Å². The SMILES string of the molecule is CC1COC(CC2CCCP2C)=N1. The fourth-order valence-corrected chi connectivity index (χ4v) is 4.23. The van der Waals surface area contributed by atoms with Crippen LogP contribution < -0.4 is 0 Å². The van der Waals surface area contributed by atoms with Gasteiger partial charge in [0.25, 0.3) is 0 Å². The van der Waals surface area contributed by atoms with Crippen LogP contribution in [0.5, 0.6) is 0 Å². The molecular formula is C10H18NOP. The Labute approximate surface area is 81.5 Å². The molecule has 2 rings (SSSR count). The summed E-state index contributed by atoms with van der Waals surface area (Å²) in [5, 5.41) is 0. The molecule has 3 heteroatoms. The van der Waals surface area contributed by atoms with Gasteiger partial charge < -0.3 is 4.74 Å². The molecule has 0 aliphatic carbocycles. The molecule has 2 heterocycles. The van der Waals surface area contributed by atoms with Crippen molar-refractivity contribution in [3.8, 4) is 0 Å². The van der Waals surface area contributed by atoms with E-state index in [9.17, 15) is 0 Å². The maximum absolute atomic E-state index is 5.54. The Morgan fingerprint density at radius 1 is 1.62 bits per heavy atom. The fourth-order valence-electron chi connectivity index (χ4n) is 2.09. The summed E-state index contributed by atoms with van der Waals surface area (Å²) in [6.07, 6.45) is 5.41. The van der Waals surface area contributed by atoms with E-state index in [1.807, 2.05) is 0 Å². The molecule has 3 atom stereocenters. The smallest absolute Gasteiger partial charge is 0.184 e. The van der Waals surface area contributed by atoms with Gasteiger partial charge in [0.15, 0.2) is 5.90 Å². The van der Waals surface area contributed by atoms with Gasteiger partial charge in [-0.05, 0) is 38.3 Å². The molecule has 1 saturated heterocycles. The van der Waals surface area contributed by atoms with Gasteiger partial charge in [-0.1, -0.05) is 0 Å². The van der Waals surface area contributed by atoms with Gasteiger partial charge in [-0.2, -0.15) is 0 Å². The van der Waals surface area contributed by atoms with E-state index in [0.29, 0.717) is 6.04 Å². The van der Waals surface area contributed by atoms with Gasteiger partial charge in [-0.15, -0.1) is 7.92 Å². The summed E-state index contributed by atoms with van der Waals surface area (Å²) in [6.45, 7) is 5.35. The number of hydrogen-bond donors (Lipinski definition) is 0. The summed E-state index contributed by atoms with van der Waals surface area (Å²) < 4.78 is 5.54. The van der Waals surface area contributed by atoms with Crippen LogP contribution in [0.15, 0.2) is 4.99 Å². The molecule has 13 heavy (non-hydrogen) atoms. The highest BCUT2D eigenvalue weighted by Crippen LogP contribution is 2.48. The minimum absolute atomic E-state index is 0.280. The molecule has 2 aliphatic heterocycles. The van der Waals surface area contributed by atoms with Crippen molar-refractivity contribution in [3.63, 3.8) is 0 Å². The highest BCUT2D eigenvalue weighted by Gasteiger charge is 2.26. The van der Waals surface area contributed by atoms with E-state index >= 15 is 0 Å². The molecule has 0 aromatic heterocycles. The van der Waals surface area contributed by atoms with Crippen molar-refractivity contribution in [2.24, 2.45) is 4.99 Å². The van der Waals surface area contributed by atoms with Crippen LogP contribution in [-0.4, -0.2) is 37.0 Å². The Bertz CT molecular complexity index is 217. The van der Waals surface area contributed by atoms with Gasteiger partial charge >= 0.3 is 0 Å². The second-order valence-electron chi connectivity index (χ2n) is 4.16. The van der Waals surface area contributed by atoms with Gasteiger partial charge in [0, 0.05) is 6.42 Å². The Balaban J connectivity index is 1.87. The second-order valence-corrected chi connectivity index (χ2v) is 6.86. The summed E-state index contributed by atoms with van der Waals surface area (Å²) in [6, 6.07) is 0.402. The monoisotopic (exact) mass is 199 g/mol. The summed E-state index contributed by atoms with van der Waals surface area (Å²) in [5.74, 6) is 1.04.